The molecule has 2 heterocycles. The molecule has 1 unspecified atom stereocenters. The van der Waals surface area contributed by atoms with E-state index in [1.54, 1.807) is 16.2 Å². The lowest BCUT2D eigenvalue weighted by atomic mass is 10.1. The van der Waals surface area contributed by atoms with E-state index in [0.717, 1.165) is 5.56 Å². The summed E-state index contributed by atoms with van der Waals surface area (Å²) in [5.41, 5.74) is 6.48. The summed E-state index contributed by atoms with van der Waals surface area (Å²) in [7, 11) is 0. The van der Waals surface area contributed by atoms with Gasteiger partial charge in [-0.15, -0.1) is 0 Å². The van der Waals surface area contributed by atoms with Gasteiger partial charge in [0.25, 0.3) is 0 Å². The van der Waals surface area contributed by atoms with Crippen molar-refractivity contribution < 1.29 is 9.53 Å². The van der Waals surface area contributed by atoms with E-state index in [9.17, 15) is 4.79 Å². The standard InChI is InChI=1S/C10H14N2O2S/c11-5-10(13)12-2-3-14-9(6-12)8-1-4-15-7-8/h1,4,7,9H,2-3,5-6,11H2. The summed E-state index contributed by atoms with van der Waals surface area (Å²) in [4.78, 5) is 13.2. The van der Waals surface area contributed by atoms with Crippen molar-refractivity contribution in [1.29, 1.82) is 0 Å². The highest BCUT2D eigenvalue weighted by Gasteiger charge is 2.24. The first-order chi connectivity index (χ1) is 7.31. The number of carbonyl (C=O) groups excluding carboxylic acids is 1. The van der Waals surface area contributed by atoms with Crippen LogP contribution in [0.3, 0.4) is 0 Å². The maximum Gasteiger partial charge on any atom is 0.236 e. The van der Waals surface area contributed by atoms with Gasteiger partial charge in [-0.25, -0.2) is 0 Å². The van der Waals surface area contributed by atoms with Gasteiger partial charge in [-0.05, 0) is 22.4 Å². The molecule has 15 heavy (non-hydrogen) atoms. The van der Waals surface area contributed by atoms with Crippen LogP contribution in [0.15, 0.2) is 16.8 Å². The maximum atomic E-state index is 11.4. The van der Waals surface area contributed by atoms with Crippen molar-refractivity contribution in [2.24, 2.45) is 5.73 Å². The van der Waals surface area contributed by atoms with Gasteiger partial charge in [0.15, 0.2) is 0 Å². The minimum absolute atomic E-state index is 0.00136. The Balaban J connectivity index is 2.01. The molecule has 1 aliphatic rings. The molecule has 1 aromatic heterocycles. The summed E-state index contributed by atoms with van der Waals surface area (Å²) in [5.74, 6) is -0.00136. The Morgan fingerprint density at radius 1 is 1.73 bits per heavy atom. The Hall–Kier alpha value is -0.910. The fourth-order valence-electron chi connectivity index (χ4n) is 1.66. The lowest BCUT2D eigenvalue weighted by molar-refractivity contribution is -0.137. The third-order valence-corrected chi connectivity index (χ3v) is 3.21. The Morgan fingerprint density at radius 2 is 2.60 bits per heavy atom. The third-order valence-electron chi connectivity index (χ3n) is 2.51. The van der Waals surface area contributed by atoms with E-state index in [4.69, 9.17) is 10.5 Å². The molecule has 0 aromatic carbocycles. The highest BCUT2D eigenvalue weighted by molar-refractivity contribution is 7.07. The van der Waals surface area contributed by atoms with Crippen LogP contribution in [0.4, 0.5) is 0 Å². The lowest BCUT2D eigenvalue weighted by Gasteiger charge is -2.32. The summed E-state index contributed by atoms with van der Waals surface area (Å²) in [6, 6.07) is 2.03. The Labute approximate surface area is 92.6 Å². The van der Waals surface area contributed by atoms with Crippen molar-refractivity contribution in [3.05, 3.63) is 22.4 Å². The number of ether oxygens (including phenoxy) is 1. The predicted molar refractivity (Wildman–Crippen MR) is 58.6 cm³/mol. The van der Waals surface area contributed by atoms with E-state index in [1.165, 1.54) is 0 Å². The number of hydrogen-bond donors (Lipinski definition) is 1. The van der Waals surface area contributed by atoms with Crippen molar-refractivity contribution in [3.8, 4) is 0 Å². The van der Waals surface area contributed by atoms with E-state index in [-0.39, 0.29) is 18.6 Å². The van der Waals surface area contributed by atoms with Crippen LogP contribution in [0.5, 0.6) is 0 Å². The zero-order valence-electron chi connectivity index (χ0n) is 8.39. The van der Waals surface area contributed by atoms with E-state index in [2.05, 4.69) is 5.38 Å². The average Bonchev–Trinajstić information content (AvgIpc) is 2.82. The molecule has 5 heteroatoms. The maximum absolute atomic E-state index is 11.4. The molecule has 4 nitrogen and oxygen atoms in total. The van der Waals surface area contributed by atoms with Gasteiger partial charge in [-0.3, -0.25) is 4.79 Å². The number of rotatable bonds is 2. The molecule has 1 amide bonds. The summed E-state index contributed by atoms with van der Waals surface area (Å²) in [6.45, 7) is 1.94. The average molecular weight is 226 g/mol. The number of amides is 1. The van der Waals surface area contributed by atoms with Crippen molar-refractivity contribution in [2.45, 2.75) is 6.10 Å². The molecule has 2 rings (SSSR count). The van der Waals surface area contributed by atoms with Crippen LogP contribution < -0.4 is 5.73 Å². The van der Waals surface area contributed by atoms with Crippen LogP contribution >= 0.6 is 11.3 Å². The minimum Gasteiger partial charge on any atom is -0.370 e. The normalized spacial score (nSPS) is 21.7. The summed E-state index contributed by atoms with van der Waals surface area (Å²) >= 11 is 1.64. The van der Waals surface area contributed by atoms with Crippen molar-refractivity contribution >= 4 is 17.2 Å². The smallest absolute Gasteiger partial charge is 0.236 e. The molecule has 0 radical (unpaired) electrons. The molecule has 1 aliphatic heterocycles. The fraction of sp³-hybridized carbons (Fsp3) is 0.500. The molecule has 2 N–H and O–H groups in total. The van der Waals surface area contributed by atoms with Gasteiger partial charge in [0.2, 0.25) is 5.91 Å². The SMILES string of the molecule is NCC(=O)N1CCOC(c2ccsc2)C1. The zero-order valence-corrected chi connectivity index (χ0v) is 9.20. The summed E-state index contributed by atoms with van der Waals surface area (Å²) in [5, 5.41) is 4.07. The topological polar surface area (TPSA) is 55.6 Å². The van der Waals surface area contributed by atoms with Crippen molar-refractivity contribution in [2.75, 3.05) is 26.2 Å². The quantitative estimate of drug-likeness (QED) is 0.803. The van der Waals surface area contributed by atoms with Gasteiger partial charge in [0.1, 0.15) is 6.10 Å². The van der Waals surface area contributed by atoms with Crippen LogP contribution in [0.25, 0.3) is 0 Å². The van der Waals surface area contributed by atoms with Gasteiger partial charge >= 0.3 is 0 Å². The molecule has 1 saturated heterocycles. The Morgan fingerprint density at radius 3 is 3.27 bits per heavy atom. The van der Waals surface area contributed by atoms with Crippen LogP contribution in [0, 0.1) is 0 Å². The number of morpholine rings is 1. The first-order valence-corrected chi connectivity index (χ1v) is 5.87. The first-order valence-electron chi connectivity index (χ1n) is 4.93. The fourth-order valence-corrected chi connectivity index (χ4v) is 2.37. The van der Waals surface area contributed by atoms with E-state index < -0.39 is 0 Å². The van der Waals surface area contributed by atoms with Crippen LogP contribution in [-0.4, -0.2) is 37.0 Å². The number of thiophene rings is 1. The minimum atomic E-state index is -0.00136. The van der Waals surface area contributed by atoms with E-state index >= 15 is 0 Å². The molecule has 0 bridgehead atoms. The predicted octanol–water partition coefficient (Wildman–Crippen LogP) is 0.607. The second-order valence-corrected chi connectivity index (χ2v) is 4.24. The second-order valence-electron chi connectivity index (χ2n) is 3.46. The molecule has 82 valence electrons. The molecule has 1 fully saturated rings. The number of hydrogen-bond acceptors (Lipinski definition) is 4. The van der Waals surface area contributed by atoms with Gasteiger partial charge in [0, 0.05) is 6.54 Å². The largest absolute Gasteiger partial charge is 0.370 e. The lowest BCUT2D eigenvalue weighted by Crippen LogP contribution is -2.44. The zero-order chi connectivity index (χ0) is 10.7. The van der Waals surface area contributed by atoms with Gasteiger partial charge < -0.3 is 15.4 Å². The second kappa shape index (κ2) is 4.74. The number of carbonyl (C=O) groups is 1. The molecule has 1 aromatic rings. The summed E-state index contributed by atoms with van der Waals surface area (Å²) < 4.78 is 5.62. The van der Waals surface area contributed by atoms with Gasteiger partial charge in [-0.2, -0.15) is 11.3 Å². The van der Waals surface area contributed by atoms with E-state index in [1.807, 2.05) is 11.4 Å². The Kier molecular flexibility index (Phi) is 3.35. The highest BCUT2D eigenvalue weighted by atomic mass is 32.1. The number of nitrogens with two attached hydrogens (primary N) is 1. The Bertz CT molecular complexity index is 326. The van der Waals surface area contributed by atoms with Gasteiger partial charge in [-0.1, -0.05) is 0 Å². The van der Waals surface area contributed by atoms with Gasteiger partial charge in [0.05, 0.1) is 19.7 Å². The summed E-state index contributed by atoms with van der Waals surface area (Å²) in [6.07, 6.45) is 0.0144. The molecule has 0 spiro atoms. The molecule has 1 atom stereocenters. The van der Waals surface area contributed by atoms with Crippen LogP contribution in [0.2, 0.25) is 0 Å². The highest BCUT2D eigenvalue weighted by Crippen LogP contribution is 2.23. The van der Waals surface area contributed by atoms with Crippen LogP contribution in [-0.2, 0) is 9.53 Å². The van der Waals surface area contributed by atoms with Crippen molar-refractivity contribution in [1.82, 2.24) is 4.90 Å². The molecule has 0 saturated carbocycles. The third kappa shape index (κ3) is 2.37. The monoisotopic (exact) mass is 226 g/mol. The van der Waals surface area contributed by atoms with E-state index in [0.29, 0.717) is 19.7 Å². The van der Waals surface area contributed by atoms with Crippen molar-refractivity contribution in [3.63, 3.8) is 0 Å². The number of nitrogens with zero attached hydrogens (tertiary/aromatic N) is 1. The molecular weight excluding hydrogens is 212 g/mol. The first kappa shape index (κ1) is 10.6. The molecular formula is C10H14N2O2S. The molecule has 0 aliphatic carbocycles. The van der Waals surface area contributed by atoms with Crippen LogP contribution in [0.1, 0.15) is 11.7 Å².